The molecule has 128 valence electrons. The minimum Gasteiger partial charge on any atom is -0.462 e. The summed E-state index contributed by atoms with van der Waals surface area (Å²) in [4.78, 5) is 16.6. The van der Waals surface area contributed by atoms with Crippen molar-refractivity contribution in [3.05, 3.63) is 23.7 Å². The second-order valence-corrected chi connectivity index (χ2v) is 6.90. The smallest absolute Gasteiger partial charge is 0.222 e. The molecule has 0 radical (unpaired) electrons. The third-order valence-electron chi connectivity index (χ3n) is 5.08. The van der Waals surface area contributed by atoms with Crippen LogP contribution in [0.2, 0.25) is 0 Å². The summed E-state index contributed by atoms with van der Waals surface area (Å²) in [6.07, 6.45) is 6.46. The summed E-state index contributed by atoms with van der Waals surface area (Å²) in [6, 6.07) is 3.79. The van der Waals surface area contributed by atoms with E-state index in [-0.39, 0.29) is 6.61 Å². The Kier molecular flexibility index (Phi) is 5.73. The van der Waals surface area contributed by atoms with Crippen molar-refractivity contribution in [1.82, 2.24) is 9.80 Å². The molecule has 5 heteroatoms. The first-order chi connectivity index (χ1) is 11.2. The molecule has 0 aromatic carbocycles. The van der Waals surface area contributed by atoms with Crippen molar-refractivity contribution < 1.29 is 14.3 Å². The molecule has 2 fully saturated rings. The number of rotatable bonds is 6. The second-order valence-electron chi connectivity index (χ2n) is 6.90. The minimum absolute atomic E-state index is 0.0404. The van der Waals surface area contributed by atoms with Crippen LogP contribution in [-0.2, 0) is 17.9 Å². The van der Waals surface area contributed by atoms with E-state index in [9.17, 15) is 4.79 Å². The van der Waals surface area contributed by atoms with E-state index in [0.717, 1.165) is 44.9 Å². The molecule has 3 heterocycles. The molecule has 2 aliphatic heterocycles. The summed E-state index contributed by atoms with van der Waals surface area (Å²) < 4.78 is 5.58. The van der Waals surface area contributed by atoms with E-state index in [1.165, 1.54) is 25.7 Å². The fourth-order valence-corrected chi connectivity index (χ4v) is 3.80. The van der Waals surface area contributed by atoms with Gasteiger partial charge in [-0.2, -0.15) is 0 Å². The van der Waals surface area contributed by atoms with E-state index >= 15 is 0 Å². The number of amides is 1. The van der Waals surface area contributed by atoms with Crippen molar-refractivity contribution in [3.63, 3.8) is 0 Å². The van der Waals surface area contributed by atoms with E-state index in [1.807, 2.05) is 17.0 Å². The van der Waals surface area contributed by atoms with Gasteiger partial charge in [0.15, 0.2) is 0 Å². The van der Waals surface area contributed by atoms with Crippen LogP contribution < -0.4 is 0 Å². The van der Waals surface area contributed by atoms with Crippen LogP contribution in [0.3, 0.4) is 0 Å². The highest BCUT2D eigenvalue weighted by molar-refractivity contribution is 5.76. The predicted molar refractivity (Wildman–Crippen MR) is 87.7 cm³/mol. The van der Waals surface area contributed by atoms with Gasteiger partial charge in [0.25, 0.3) is 0 Å². The normalized spacial score (nSPS) is 22.7. The molecule has 3 rings (SSSR count). The van der Waals surface area contributed by atoms with E-state index in [4.69, 9.17) is 9.52 Å². The molecule has 1 N–H and O–H groups in total. The molecule has 0 spiro atoms. The van der Waals surface area contributed by atoms with Crippen molar-refractivity contribution in [3.8, 4) is 0 Å². The fraction of sp³-hybridized carbons (Fsp3) is 0.722. The lowest BCUT2D eigenvalue weighted by atomic mass is 9.93. The standard InChI is InChI=1S/C18H28N2O3/c21-14-17-7-6-16(23-17)13-19-9-3-4-15(12-19)5-8-18(22)20-10-1-2-11-20/h6-7,15,21H,1-5,8-14H2. The molecule has 2 aliphatic rings. The number of aliphatic hydroxyl groups is 1. The number of likely N-dealkylation sites (tertiary alicyclic amines) is 2. The first-order valence-electron chi connectivity index (χ1n) is 8.93. The van der Waals surface area contributed by atoms with Crippen molar-refractivity contribution >= 4 is 5.91 Å². The molecule has 2 saturated heterocycles. The predicted octanol–water partition coefficient (Wildman–Crippen LogP) is 2.39. The van der Waals surface area contributed by atoms with Crippen molar-refractivity contribution in [2.24, 2.45) is 5.92 Å². The maximum Gasteiger partial charge on any atom is 0.222 e. The quantitative estimate of drug-likeness (QED) is 0.874. The lowest BCUT2D eigenvalue weighted by Crippen LogP contribution is -2.35. The number of furan rings is 1. The first kappa shape index (κ1) is 16.5. The van der Waals surface area contributed by atoms with Crippen LogP contribution in [-0.4, -0.2) is 47.0 Å². The Morgan fingerprint density at radius 2 is 1.96 bits per heavy atom. The number of hydrogen-bond acceptors (Lipinski definition) is 4. The number of piperidine rings is 1. The number of nitrogens with zero attached hydrogens (tertiary/aromatic N) is 2. The summed E-state index contributed by atoms with van der Waals surface area (Å²) in [6.45, 7) is 4.81. The van der Waals surface area contributed by atoms with Crippen molar-refractivity contribution in [1.29, 1.82) is 0 Å². The van der Waals surface area contributed by atoms with Crippen LogP contribution in [0.1, 0.15) is 50.0 Å². The summed E-state index contributed by atoms with van der Waals surface area (Å²) in [5, 5.41) is 9.07. The average Bonchev–Trinajstić information content (AvgIpc) is 3.24. The Hall–Kier alpha value is -1.33. The maximum absolute atomic E-state index is 12.2. The maximum atomic E-state index is 12.2. The molecular formula is C18H28N2O3. The van der Waals surface area contributed by atoms with Gasteiger partial charge in [-0.15, -0.1) is 0 Å². The van der Waals surface area contributed by atoms with Gasteiger partial charge in [0, 0.05) is 26.1 Å². The Bertz CT molecular complexity index is 508. The number of aliphatic hydroxyl groups excluding tert-OH is 1. The van der Waals surface area contributed by atoms with Crippen LogP contribution in [0.5, 0.6) is 0 Å². The van der Waals surface area contributed by atoms with Crippen LogP contribution in [0.15, 0.2) is 16.5 Å². The molecular weight excluding hydrogens is 292 g/mol. The Labute approximate surface area is 138 Å². The molecule has 1 amide bonds. The van der Waals surface area contributed by atoms with Gasteiger partial charge in [-0.1, -0.05) is 0 Å². The molecule has 1 aromatic rings. The first-order valence-corrected chi connectivity index (χ1v) is 8.93. The van der Waals surface area contributed by atoms with Gasteiger partial charge < -0.3 is 14.4 Å². The Morgan fingerprint density at radius 3 is 2.70 bits per heavy atom. The molecule has 0 aliphatic carbocycles. The van der Waals surface area contributed by atoms with Gasteiger partial charge in [0.05, 0.1) is 6.54 Å². The number of carbonyl (C=O) groups is 1. The zero-order valence-corrected chi connectivity index (χ0v) is 13.9. The molecule has 0 saturated carbocycles. The third kappa shape index (κ3) is 4.58. The molecule has 1 aromatic heterocycles. The molecule has 1 atom stereocenters. The van der Waals surface area contributed by atoms with E-state index < -0.39 is 0 Å². The van der Waals surface area contributed by atoms with Crippen molar-refractivity contribution in [2.45, 2.75) is 51.7 Å². The van der Waals surface area contributed by atoms with Gasteiger partial charge >= 0.3 is 0 Å². The Balaban J connectivity index is 1.43. The van der Waals surface area contributed by atoms with Gasteiger partial charge in [-0.25, -0.2) is 0 Å². The second kappa shape index (κ2) is 7.97. The van der Waals surface area contributed by atoms with Gasteiger partial charge in [0.2, 0.25) is 5.91 Å². The SMILES string of the molecule is O=C(CCC1CCCN(Cc2ccc(CO)o2)C1)N1CCCC1. The topological polar surface area (TPSA) is 56.9 Å². The lowest BCUT2D eigenvalue weighted by Gasteiger charge is -2.32. The van der Waals surface area contributed by atoms with E-state index in [2.05, 4.69) is 4.90 Å². The van der Waals surface area contributed by atoms with Crippen molar-refractivity contribution in [2.75, 3.05) is 26.2 Å². The molecule has 23 heavy (non-hydrogen) atoms. The lowest BCUT2D eigenvalue weighted by molar-refractivity contribution is -0.130. The molecule has 1 unspecified atom stereocenters. The van der Waals surface area contributed by atoms with Crippen LogP contribution in [0.25, 0.3) is 0 Å². The molecule has 0 bridgehead atoms. The number of hydrogen-bond donors (Lipinski definition) is 1. The highest BCUT2D eigenvalue weighted by Gasteiger charge is 2.23. The van der Waals surface area contributed by atoms with Crippen LogP contribution in [0.4, 0.5) is 0 Å². The number of carbonyl (C=O) groups excluding carboxylic acids is 1. The highest BCUT2D eigenvalue weighted by Crippen LogP contribution is 2.24. The summed E-state index contributed by atoms with van der Waals surface area (Å²) >= 11 is 0. The average molecular weight is 320 g/mol. The summed E-state index contributed by atoms with van der Waals surface area (Å²) in [7, 11) is 0. The zero-order chi connectivity index (χ0) is 16.1. The third-order valence-corrected chi connectivity index (χ3v) is 5.08. The van der Waals surface area contributed by atoms with Crippen LogP contribution in [0, 0.1) is 5.92 Å². The summed E-state index contributed by atoms with van der Waals surface area (Å²) in [5.41, 5.74) is 0. The van der Waals surface area contributed by atoms with Gasteiger partial charge in [-0.3, -0.25) is 9.69 Å². The molecule has 5 nitrogen and oxygen atoms in total. The van der Waals surface area contributed by atoms with Gasteiger partial charge in [0.1, 0.15) is 18.1 Å². The van der Waals surface area contributed by atoms with Crippen LogP contribution >= 0.6 is 0 Å². The Morgan fingerprint density at radius 1 is 1.17 bits per heavy atom. The zero-order valence-electron chi connectivity index (χ0n) is 13.9. The monoisotopic (exact) mass is 320 g/mol. The summed E-state index contributed by atoms with van der Waals surface area (Å²) in [5.74, 6) is 2.51. The van der Waals surface area contributed by atoms with E-state index in [0.29, 0.717) is 24.0 Å². The highest BCUT2D eigenvalue weighted by atomic mass is 16.4. The van der Waals surface area contributed by atoms with E-state index in [1.54, 1.807) is 0 Å². The minimum atomic E-state index is -0.0404. The fourth-order valence-electron chi connectivity index (χ4n) is 3.80. The van der Waals surface area contributed by atoms with Gasteiger partial charge in [-0.05, 0) is 56.7 Å². The largest absolute Gasteiger partial charge is 0.462 e.